The van der Waals surface area contributed by atoms with Crippen molar-refractivity contribution in [2.75, 3.05) is 0 Å². The summed E-state index contributed by atoms with van der Waals surface area (Å²) in [7, 11) is 0. The zero-order valence-electron chi connectivity index (χ0n) is 9.79. The molecule has 0 saturated heterocycles. The van der Waals surface area contributed by atoms with Gasteiger partial charge < -0.3 is 5.11 Å². The summed E-state index contributed by atoms with van der Waals surface area (Å²) in [6.45, 7) is 6.12. The van der Waals surface area contributed by atoms with Crippen molar-refractivity contribution in [3.63, 3.8) is 0 Å². The highest BCUT2D eigenvalue weighted by Gasteiger charge is 2.38. The Hall–Kier alpha value is -0.640. The molecule has 2 unspecified atom stereocenters. The molecule has 0 saturated carbocycles. The van der Waals surface area contributed by atoms with E-state index in [9.17, 15) is 5.11 Å². The number of hydrogen-bond donors (Lipinski definition) is 2. The van der Waals surface area contributed by atoms with Crippen molar-refractivity contribution < 1.29 is 5.11 Å². The average molecular weight is 241 g/mol. The summed E-state index contributed by atoms with van der Waals surface area (Å²) >= 11 is 5.93. The minimum Gasteiger partial charge on any atom is -0.378 e. The van der Waals surface area contributed by atoms with E-state index in [4.69, 9.17) is 11.6 Å². The smallest absolute Gasteiger partial charge is 0.129 e. The fourth-order valence-corrected chi connectivity index (χ4v) is 2.53. The van der Waals surface area contributed by atoms with Gasteiger partial charge >= 0.3 is 0 Å². The predicted octanol–water partition coefficient (Wildman–Crippen LogP) is 2.39. The second-order valence-corrected chi connectivity index (χ2v) is 5.18. The van der Waals surface area contributed by atoms with Gasteiger partial charge in [0, 0.05) is 11.5 Å². The standard InChI is InChI=1S/C12H17ClN2O/c1-4-7-10-8(5-6-9(13)14-10)12(2,3)15-11(7)16/h5-7,11,15-16H,4H2,1-3H3. The molecule has 0 fully saturated rings. The maximum absolute atomic E-state index is 10.0. The molecular formula is C12H17ClN2O. The molecule has 2 N–H and O–H groups in total. The van der Waals surface area contributed by atoms with Crippen LogP contribution in [0.2, 0.25) is 5.15 Å². The van der Waals surface area contributed by atoms with E-state index in [0.29, 0.717) is 5.15 Å². The molecule has 88 valence electrons. The van der Waals surface area contributed by atoms with Crippen molar-refractivity contribution in [3.05, 3.63) is 28.5 Å². The van der Waals surface area contributed by atoms with Gasteiger partial charge in [0.25, 0.3) is 0 Å². The third kappa shape index (κ3) is 1.83. The van der Waals surface area contributed by atoms with Gasteiger partial charge in [-0.1, -0.05) is 24.6 Å². The average Bonchev–Trinajstić information content (AvgIpc) is 2.16. The molecule has 2 rings (SSSR count). The van der Waals surface area contributed by atoms with Gasteiger partial charge in [-0.3, -0.25) is 5.32 Å². The number of aliphatic hydroxyl groups excluding tert-OH is 1. The lowest BCUT2D eigenvalue weighted by molar-refractivity contribution is 0.0576. The lowest BCUT2D eigenvalue weighted by atomic mass is 9.81. The molecule has 1 aromatic heterocycles. The van der Waals surface area contributed by atoms with Crippen molar-refractivity contribution in [2.45, 2.75) is 44.9 Å². The highest BCUT2D eigenvalue weighted by molar-refractivity contribution is 6.29. The van der Waals surface area contributed by atoms with Crippen LogP contribution in [0.25, 0.3) is 0 Å². The van der Waals surface area contributed by atoms with Crippen LogP contribution in [0.15, 0.2) is 12.1 Å². The molecule has 0 aliphatic carbocycles. The first-order chi connectivity index (χ1) is 7.45. The minimum atomic E-state index is -0.557. The van der Waals surface area contributed by atoms with E-state index in [0.717, 1.165) is 17.7 Å². The molecule has 16 heavy (non-hydrogen) atoms. The lowest BCUT2D eigenvalue weighted by Gasteiger charge is -2.40. The molecule has 2 heterocycles. The SMILES string of the molecule is CCC1c2nc(Cl)ccc2C(C)(C)NC1O. The Balaban J connectivity index is 2.57. The monoisotopic (exact) mass is 240 g/mol. The molecule has 3 nitrogen and oxygen atoms in total. The molecule has 0 radical (unpaired) electrons. The van der Waals surface area contributed by atoms with E-state index in [2.05, 4.69) is 10.3 Å². The lowest BCUT2D eigenvalue weighted by Crippen LogP contribution is -2.51. The number of aromatic nitrogens is 1. The maximum Gasteiger partial charge on any atom is 0.129 e. The van der Waals surface area contributed by atoms with Crippen LogP contribution in [0, 0.1) is 0 Å². The molecule has 1 aromatic rings. The Morgan fingerprint density at radius 2 is 2.19 bits per heavy atom. The summed E-state index contributed by atoms with van der Waals surface area (Å²) in [5.74, 6) is 0.0155. The number of fused-ring (bicyclic) bond motifs is 1. The maximum atomic E-state index is 10.0. The summed E-state index contributed by atoms with van der Waals surface area (Å²) in [5.41, 5.74) is 1.78. The van der Waals surface area contributed by atoms with Crippen molar-refractivity contribution in [3.8, 4) is 0 Å². The van der Waals surface area contributed by atoms with Crippen LogP contribution in [0.4, 0.5) is 0 Å². The first-order valence-electron chi connectivity index (χ1n) is 5.58. The van der Waals surface area contributed by atoms with Gasteiger partial charge in [0.2, 0.25) is 0 Å². The van der Waals surface area contributed by atoms with Crippen LogP contribution < -0.4 is 5.32 Å². The number of aliphatic hydroxyl groups is 1. The zero-order valence-corrected chi connectivity index (χ0v) is 10.5. The number of pyridine rings is 1. The number of nitrogens with one attached hydrogen (secondary N) is 1. The van der Waals surface area contributed by atoms with Crippen LogP contribution in [0.1, 0.15) is 44.4 Å². The molecule has 2 atom stereocenters. The Kier molecular flexibility index (Phi) is 2.95. The third-order valence-corrected chi connectivity index (χ3v) is 3.46. The zero-order chi connectivity index (χ0) is 11.9. The highest BCUT2D eigenvalue weighted by atomic mass is 35.5. The van der Waals surface area contributed by atoms with Crippen molar-refractivity contribution in [1.29, 1.82) is 0 Å². The van der Waals surface area contributed by atoms with Gasteiger partial charge in [0.05, 0.1) is 5.69 Å². The Bertz CT molecular complexity index is 406. The summed E-state index contributed by atoms with van der Waals surface area (Å²) in [6, 6.07) is 3.79. The molecule has 1 aliphatic heterocycles. The van der Waals surface area contributed by atoms with Crippen molar-refractivity contribution in [1.82, 2.24) is 10.3 Å². The Morgan fingerprint density at radius 1 is 1.50 bits per heavy atom. The molecule has 4 heteroatoms. The van der Waals surface area contributed by atoms with Gasteiger partial charge in [0.1, 0.15) is 11.4 Å². The molecule has 1 aliphatic rings. The first-order valence-corrected chi connectivity index (χ1v) is 5.96. The van der Waals surface area contributed by atoms with E-state index in [1.165, 1.54) is 0 Å². The number of rotatable bonds is 1. The predicted molar refractivity (Wildman–Crippen MR) is 64.4 cm³/mol. The second-order valence-electron chi connectivity index (χ2n) is 4.80. The van der Waals surface area contributed by atoms with Crippen LogP contribution in [-0.2, 0) is 5.54 Å². The van der Waals surface area contributed by atoms with E-state index in [1.807, 2.05) is 26.8 Å². The number of halogens is 1. The van der Waals surface area contributed by atoms with Crippen LogP contribution >= 0.6 is 11.6 Å². The van der Waals surface area contributed by atoms with Gasteiger partial charge in [-0.15, -0.1) is 0 Å². The van der Waals surface area contributed by atoms with Crippen molar-refractivity contribution >= 4 is 11.6 Å². The normalized spacial score (nSPS) is 27.6. The number of nitrogens with zero attached hydrogens (tertiary/aromatic N) is 1. The molecule has 0 aromatic carbocycles. The summed E-state index contributed by atoms with van der Waals surface area (Å²) in [5, 5.41) is 13.7. The molecule has 0 bridgehead atoms. The summed E-state index contributed by atoms with van der Waals surface area (Å²) in [6.07, 6.45) is 0.281. The number of hydrogen-bond acceptors (Lipinski definition) is 3. The largest absolute Gasteiger partial charge is 0.378 e. The third-order valence-electron chi connectivity index (χ3n) is 3.24. The van der Waals surface area contributed by atoms with E-state index in [-0.39, 0.29) is 11.5 Å². The van der Waals surface area contributed by atoms with Gasteiger partial charge in [-0.2, -0.15) is 0 Å². The van der Waals surface area contributed by atoms with E-state index < -0.39 is 6.23 Å². The van der Waals surface area contributed by atoms with Gasteiger partial charge in [0.15, 0.2) is 0 Å². The summed E-state index contributed by atoms with van der Waals surface area (Å²) < 4.78 is 0. The Labute approximate surface area is 101 Å². The minimum absolute atomic E-state index is 0.0155. The van der Waals surface area contributed by atoms with E-state index >= 15 is 0 Å². The fourth-order valence-electron chi connectivity index (χ4n) is 2.38. The molecule has 0 amide bonds. The topological polar surface area (TPSA) is 45.2 Å². The fraction of sp³-hybridized carbons (Fsp3) is 0.583. The van der Waals surface area contributed by atoms with Gasteiger partial charge in [-0.05, 0) is 31.9 Å². The van der Waals surface area contributed by atoms with Gasteiger partial charge in [-0.25, -0.2) is 4.98 Å². The van der Waals surface area contributed by atoms with Crippen LogP contribution in [-0.4, -0.2) is 16.3 Å². The van der Waals surface area contributed by atoms with Crippen LogP contribution in [0.5, 0.6) is 0 Å². The first kappa shape index (κ1) is 11.8. The molecular weight excluding hydrogens is 224 g/mol. The highest BCUT2D eigenvalue weighted by Crippen LogP contribution is 2.37. The van der Waals surface area contributed by atoms with E-state index in [1.54, 1.807) is 6.07 Å². The second kappa shape index (κ2) is 3.99. The Morgan fingerprint density at radius 3 is 2.81 bits per heavy atom. The quantitative estimate of drug-likeness (QED) is 0.741. The van der Waals surface area contributed by atoms with Crippen molar-refractivity contribution in [2.24, 2.45) is 0 Å². The summed E-state index contributed by atoms with van der Waals surface area (Å²) in [4.78, 5) is 4.38. The molecule has 0 spiro atoms. The van der Waals surface area contributed by atoms with Crippen LogP contribution in [0.3, 0.4) is 0 Å².